The van der Waals surface area contributed by atoms with E-state index >= 15 is 0 Å². The van der Waals surface area contributed by atoms with Gasteiger partial charge in [0.05, 0.1) is 11.9 Å². The van der Waals surface area contributed by atoms with Crippen molar-refractivity contribution in [3.05, 3.63) is 101 Å². The summed E-state index contributed by atoms with van der Waals surface area (Å²) in [5.41, 5.74) is 1.70. The van der Waals surface area contributed by atoms with Gasteiger partial charge in [0.15, 0.2) is 0 Å². The van der Waals surface area contributed by atoms with E-state index in [0.717, 1.165) is 33.8 Å². The number of rotatable bonds is 12. The van der Waals surface area contributed by atoms with E-state index in [9.17, 15) is 22.4 Å². The molecule has 0 bridgehead atoms. The molecule has 0 unspecified atom stereocenters. The highest BCUT2D eigenvalue weighted by Crippen LogP contribution is 2.21. The second-order valence-corrected chi connectivity index (χ2v) is 12.1. The van der Waals surface area contributed by atoms with Gasteiger partial charge in [-0.3, -0.25) is 13.9 Å². The molecule has 0 aliphatic rings. The Labute approximate surface area is 234 Å². The third-order valence-electron chi connectivity index (χ3n) is 6.02. The Hall–Kier alpha value is -3.43. The minimum Gasteiger partial charge on any atom is -0.354 e. The zero-order valence-electron chi connectivity index (χ0n) is 22.2. The number of nitrogens with zero attached hydrogens (tertiary/aromatic N) is 2. The minimum atomic E-state index is -3.92. The SMILES string of the molecule is CC(C)CNC(=O)[C@@H](Cc1ccccc1)N(Cc1ccc(Cl)cc1)C(=O)CN(c1ccc(F)cc1)S(C)(=O)=O. The zero-order valence-corrected chi connectivity index (χ0v) is 23.8. The maximum atomic E-state index is 13.9. The van der Waals surface area contributed by atoms with Crippen LogP contribution in [0.2, 0.25) is 5.02 Å². The summed E-state index contributed by atoms with van der Waals surface area (Å²) in [6.07, 6.45) is 1.20. The summed E-state index contributed by atoms with van der Waals surface area (Å²) in [7, 11) is -3.92. The van der Waals surface area contributed by atoms with Crippen molar-refractivity contribution in [1.29, 1.82) is 0 Å². The average Bonchev–Trinajstić information content (AvgIpc) is 2.89. The average molecular weight is 574 g/mol. The molecule has 10 heteroatoms. The lowest BCUT2D eigenvalue weighted by Gasteiger charge is -2.33. The van der Waals surface area contributed by atoms with Crippen molar-refractivity contribution in [2.24, 2.45) is 5.92 Å². The van der Waals surface area contributed by atoms with Crippen LogP contribution in [0.5, 0.6) is 0 Å². The fraction of sp³-hybridized carbons (Fsp3) is 0.310. The van der Waals surface area contributed by atoms with E-state index < -0.39 is 34.3 Å². The first-order valence-corrected chi connectivity index (χ1v) is 14.8. The molecule has 2 amide bonds. The van der Waals surface area contributed by atoms with Gasteiger partial charge in [0, 0.05) is 24.5 Å². The molecular weight excluding hydrogens is 541 g/mol. The number of hydrogen-bond acceptors (Lipinski definition) is 4. The number of sulfonamides is 1. The number of benzene rings is 3. The van der Waals surface area contributed by atoms with E-state index in [0.29, 0.717) is 11.6 Å². The predicted octanol–water partition coefficient (Wildman–Crippen LogP) is 4.66. The first-order chi connectivity index (χ1) is 18.4. The molecule has 0 aliphatic carbocycles. The highest BCUT2D eigenvalue weighted by Gasteiger charge is 2.33. The molecule has 0 radical (unpaired) electrons. The maximum absolute atomic E-state index is 13.9. The number of amides is 2. The van der Waals surface area contributed by atoms with Gasteiger partial charge in [0.1, 0.15) is 18.4 Å². The largest absolute Gasteiger partial charge is 0.354 e. The Morgan fingerprint density at radius 1 is 0.923 bits per heavy atom. The summed E-state index contributed by atoms with van der Waals surface area (Å²) in [5, 5.41) is 3.45. The summed E-state index contributed by atoms with van der Waals surface area (Å²) < 4.78 is 39.9. The predicted molar refractivity (Wildman–Crippen MR) is 152 cm³/mol. The first kappa shape index (κ1) is 30.1. The molecule has 0 saturated heterocycles. The van der Waals surface area contributed by atoms with E-state index in [-0.39, 0.29) is 30.5 Å². The number of hydrogen-bond donors (Lipinski definition) is 1. The fourth-order valence-corrected chi connectivity index (χ4v) is 4.96. The lowest BCUT2D eigenvalue weighted by Crippen LogP contribution is -2.53. The van der Waals surface area contributed by atoms with Gasteiger partial charge in [-0.15, -0.1) is 0 Å². The van der Waals surface area contributed by atoms with Crippen LogP contribution in [0, 0.1) is 11.7 Å². The Bertz CT molecular complexity index is 1350. The minimum absolute atomic E-state index is 0.0453. The smallest absolute Gasteiger partial charge is 0.244 e. The third-order valence-corrected chi connectivity index (χ3v) is 7.41. The number of anilines is 1. The van der Waals surface area contributed by atoms with Crippen LogP contribution in [0.4, 0.5) is 10.1 Å². The number of carbonyl (C=O) groups excluding carboxylic acids is 2. The Morgan fingerprint density at radius 3 is 2.10 bits per heavy atom. The van der Waals surface area contributed by atoms with Crippen LogP contribution >= 0.6 is 11.6 Å². The molecule has 39 heavy (non-hydrogen) atoms. The van der Waals surface area contributed by atoms with Crippen LogP contribution in [0.25, 0.3) is 0 Å². The molecule has 0 aliphatic heterocycles. The van der Waals surface area contributed by atoms with Crippen LogP contribution in [-0.2, 0) is 32.6 Å². The summed E-state index contributed by atoms with van der Waals surface area (Å²) in [5.74, 6) is -1.28. The van der Waals surface area contributed by atoms with Crippen LogP contribution in [0.1, 0.15) is 25.0 Å². The van der Waals surface area contributed by atoms with Gasteiger partial charge in [0.25, 0.3) is 0 Å². The van der Waals surface area contributed by atoms with Gasteiger partial charge in [-0.1, -0.05) is 67.9 Å². The Kier molecular flexibility index (Phi) is 10.5. The van der Waals surface area contributed by atoms with Crippen molar-refractivity contribution in [1.82, 2.24) is 10.2 Å². The molecule has 208 valence electrons. The standard InChI is InChI=1S/C29H33ClFN3O4S/c1-21(2)18-32-29(36)27(17-22-7-5-4-6-8-22)33(19-23-9-11-24(30)12-10-23)28(35)20-34(39(3,37)38)26-15-13-25(31)14-16-26/h4-16,21,27H,17-20H2,1-3H3,(H,32,36)/t27-/m1/s1. The zero-order chi connectivity index (χ0) is 28.6. The Morgan fingerprint density at radius 2 is 1.54 bits per heavy atom. The quantitative estimate of drug-likeness (QED) is 0.341. The molecule has 3 aromatic carbocycles. The number of halogens is 2. The van der Waals surface area contributed by atoms with E-state index in [1.54, 1.807) is 24.3 Å². The second-order valence-electron chi connectivity index (χ2n) is 9.74. The topological polar surface area (TPSA) is 86.8 Å². The van der Waals surface area contributed by atoms with E-state index in [4.69, 9.17) is 11.6 Å². The highest BCUT2D eigenvalue weighted by molar-refractivity contribution is 7.92. The van der Waals surface area contributed by atoms with Crippen molar-refractivity contribution in [2.45, 2.75) is 32.9 Å². The maximum Gasteiger partial charge on any atom is 0.244 e. The lowest BCUT2D eigenvalue weighted by molar-refractivity contribution is -0.140. The van der Waals surface area contributed by atoms with E-state index in [1.165, 1.54) is 17.0 Å². The van der Waals surface area contributed by atoms with Crippen LogP contribution in [0.3, 0.4) is 0 Å². The van der Waals surface area contributed by atoms with Crippen molar-refractivity contribution >= 4 is 39.1 Å². The van der Waals surface area contributed by atoms with Gasteiger partial charge < -0.3 is 10.2 Å². The Balaban J connectivity index is 2.03. The van der Waals surface area contributed by atoms with Crippen molar-refractivity contribution in [2.75, 3.05) is 23.7 Å². The molecule has 3 aromatic rings. The molecule has 3 rings (SSSR count). The van der Waals surface area contributed by atoms with Crippen molar-refractivity contribution < 1.29 is 22.4 Å². The molecule has 1 N–H and O–H groups in total. The summed E-state index contributed by atoms with van der Waals surface area (Å²) in [6, 6.07) is 20.1. The van der Waals surface area contributed by atoms with Crippen LogP contribution < -0.4 is 9.62 Å². The second kappa shape index (κ2) is 13.6. The first-order valence-electron chi connectivity index (χ1n) is 12.5. The summed E-state index contributed by atoms with van der Waals surface area (Å²) in [4.78, 5) is 28.9. The van der Waals surface area contributed by atoms with Crippen LogP contribution in [-0.4, -0.2) is 50.5 Å². The molecule has 0 aromatic heterocycles. The molecule has 1 atom stereocenters. The van der Waals surface area contributed by atoms with Crippen molar-refractivity contribution in [3.63, 3.8) is 0 Å². The fourth-order valence-electron chi connectivity index (χ4n) is 3.98. The monoisotopic (exact) mass is 573 g/mol. The van der Waals surface area contributed by atoms with Gasteiger partial charge in [-0.2, -0.15) is 0 Å². The van der Waals surface area contributed by atoms with E-state index in [1.807, 2.05) is 44.2 Å². The van der Waals surface area contributed by atoms with Crippen LogP contribution in [0.15, 0.2) is 78.9 Å². The summed E-state index contributed by atoms with van der Waals surface area (Å²) in [6.45, 7) is 3.83. The summed E-state index contributed by atoms with van der Waals surface area (Å²) >= 11 is 6.06. The van der Waals surface area contributed by atoms with Crippen molar-refractivity contribution in [3.8, 4) is 0 Å². The molecule has 0 saturated carbocycles. The lowest BCUT2D eigenvalue weighted by atomic mass is 10.0. The molecule has 0 heterocycles. The molecular formula is C29H33ClFN3O4S. The molecule has 7 nitrogen and oxygen atoms in total. The highest BCUT2D eigenvalue weighted by atomic mass is 35.5. The van der Waals surface area contributed by atoms with Gasteiger partial charge in [-0.05, 0) is 53.4 Å². The van der Waals surface area contributed by atoms with Gasteiger partial charge in [-0.25, -0.2) is 12.8 Å². The van der Waals surface area contributed by atoms with E-state index in [2.05, 4.69) is 5.32 Å². The van der Waals surface area contributed by atoms with Gasteiger partial charge in [0.2, 0.25) is 21.8 Å². The normalized spacial score (nSPS) is 12.2. The third kappa shape index (κ3) is 9.07. The molecule has 0 spiro atoms. The number of carbonyl (C=O) groups is 2. The van der Waals surface area contributed by atoms with Gasteiger partial charge >= 0.3 is 0 Å². The number of nitrogens with one attached hydrogen (secondary N) is 1. The molecule has 0 fully saturated rings.